The van der Waals surface area contributed by atoms with E-state index in [4.69, 9.17) is 4.74 Å². The fraction of sp³-hybridized carbons (Fsp3) is 0.571. The van der Waals surface area contributed by atoms with Crippen LogP contribution in [-0.4, -0.2) is 38.8 Å². The van der Waals surface area contributed by atoms with E-state index < -0.39 is 17.2 Å². The van der Waals surface area contributed by atoms with E-state index in [0.717, 1.165) is 12.8 Å². The highest BCUT2D eigenvalue weighted by Crippen LogP contribution is 2.11. The molecule has 0 bridgehead atoms. The van der Waals surface area contributed by atoms with Gasteiger partial charge in [-0.3, -0.25) is 14.3 Å². The zero-order valence-corrected chi connectivity index (χ0v) is 13.4. The molecule has 0 aliphatic rings. The van der Waals surface area contributed by atoms with Gasteiger partial charge in [-0.25, -0.2) is 14.6 Å². The summed E-state index contributed by atoms with van der Waals surface area (Å²) in [5.74, 6) is -0.150. The van der Waals surface area contributed by atoms with Crippen LogP contribution in [0, 0.1) is 0 Å². The Balaban J connectivity index is 2.43. The maximum atomic E-state index is 12.0. The van der Waals surface area contributed by atoms with Crippen molar-refractivity contribution >= 4 is 17.1 Å². The van der Waals surface area contributed by atoms with Crippen molar-refractivity contribution in [3.63, 3.8) is 0 Å². The average Bonchev–Trinajstić information content (AvgIpc) is 2.82. The van der Waals surface area contributed by atoms with Crippen LogP contribution < -0.4 is 11.2 Å². The molecule has 126 valence electrons. The Bertz CT molecular complexity index is 817. The van der Waals surface area contributed by atoms with Crippen LogP contribution in [0.15, 0.2) is 9.59 Å². The minimum atomic E-state index is -0.531. The molecular formula is C14H20N4O5. The average molecular weight is 324 g/mol. The molecule has 0 saturated carbocycles. The zero-order chi connectivity index (χ0) is 17.0. The lowest BCUT2D eigenvalue weighted by atomic mass is 10.3. The molecule has 0 spiro atoms. The molecule has 0 aliphatic heterocycles. The Morgan fingerprint density at radius 3 is 2.74 bits per heavy atom. The van der Waals surface area contributed by atoms with Crippen LogP contribution >= 0.6 is 0 Å². The number of carbonyl (C=O) groups is 1. The fourth-order valence-electron chi connectivity index (χ4n) is 2.25. The number of aryl methyl sites for hydroxylation is 2. The van der Waals surface area contributed by atoms with E-state index in [0.29, 0.717) is 18.0 Å². The number of ether oxygens (including phenoxy) is 2. The molecule has 9 heteroatoms. The Morgan fingerprint density at radius 1 is 1.35 bits per heavy atom. The predicted molar refractivity (Wildman–Crippen MR) is 82.2 cm³/mol. The molecule has 0 fully saturated rings. The lowest BCUT2D eigenvalue weighted by Gasteiger charge is -2.04. The van der Waals surface area contributed by atoms with Crippen molar-refractivity contribution in [2.24, 2.45) is 7.05 Å². The van der Waals surface area contributed by atoms with Crippen molar-refractivity contribution in [3.05, 3.63) is 26.7 Å². The van der Waals surface area contributed by atoms with E-state index in [1.165, 1.54) is 16.2 Å². The maximum Gasteiger partial charge on any atom is 0.332 e. The topological polar surface area (TPSA) is 108 Å². The second-order valence-corrected chi connectivity index (χ2v) is 5.12. The lowest BCUT2D eigenvalue weighted by Crippen LogP contribution is -2.31. The van der Waals surface area contributed by atoms with Crippen LogP contribution in [0.3, 0.4) is 0 Å². The first-order chi connectivity index (χ1) is 11.0. The molecule has 2 rings (SSSR count). The van der Waals surface area contributed by atoms with Gasteiger partial charge in [-0.1, -0.05) is 13.3 Å². The molecular weight excluding hydrogens is 304 g/mol. The van der Waals surface area contributed by atoms with Crippen LogP contribution in [0.25, 0.3) is 11.2 Å². The Kier molecular flexibility index (Phi) is 5.32. The summed E-state index contributed by atoms with van der Waals surface area (Å²) in [5.41, 5.74) is -0.426. The van der Waals surface area contributed by atoms with E-state index in [1.54, 1.807) is 7.05 Å². The van der Waals surface area contributed by atoms with Gasteiger partial charge in [-0.05, 0) is 6.42 Å². The Labute approximate surface area is 131 Å². The normalized spacial score (nSPS) is 11.1. The molecule has 0 amide bonds. The fourth-order valence-corrected chi connectivity index (χ4v) is 2.25. The minimum absolute atomic E-state index is 0.102. The van der Waals surface area contributed by atoms with Crippen molar-refractivity contribution < 1.29 is 14.3 Å². The number of methoxy groups -OCH3 is 1. The van der Waals surface area contributed by atoms with Gasteiger partial charge >= 0.3 is 11.7 Å². The van der Waals surface area contributed by atoms with E-state index in [-0.39, 0.29) is 18.7 Å². The third-order valence-electron chi connectivity index (χ3n) is 3.47. The number of fused-ring (bicyclic) bond motifs is 1. The van der Waals surface area contributed by atoms with Crippen LogP contribution in [-0.2, 0) is 34.5 Å². The molecule has 23 heavy (non-hydrogen) atoms. The summed E-state index contributed by atoms with van der Waals surface area (Å²) < 4.78 is 12.7. The smallest absolute Gasteiger partial charge is 0.332 e. The molecule has 9 nitrogen and oxygen atoms in total. The van der Waals surface area contributed by atoms with Crippen LogP contribution in [0.1, 0.15) is 25.6 Å². The number of imidazole rings is 1. The number of nitrogens with zero attached hydrogens (tertiary/aromatic N) is 3. The Hall–Kier alpha value is -2.42. The number of hydrogen-bond donors (Lipinski definition) is 1. The molecule has 0 atom stereocenters. The number of unbranched alkanes of at least 4 members (excludes halogenated alkanes) is 1. The molecule has 0 aliphatic carbocycles. The second kappa shape index (κ2) is 7.23. The van der Waals surface area contributed by atoms with Gasteiger partial charge in [0, 0.05) is 20.7 Å². The molecule has 2 aromatic rings. The minimum Gasteiger partial charge on any atom is -0.456 e. The molecule has 2 heterocycles. The maximum absolute atomic E-state index is 12.0. The number of esters is 1. The zero-order valence-electron chi connectivity index (χ0n) is 13.4. The summed E-state index contributed by atoms with van der Waals surface area (Å²) >= 11 is 0. The molecule has 0 aromatic carbocycles. The highest BCUT2D eigenvalue weighted by atomic mass is 16.6. The highest BCUT2D eigenvalue weighted by Gasteiger charge is 2.17. The van der Waals surface area contributed by atoms with Gasteiger partial charge in [0.05, 0.1) is 0 Å². The van der Waals surface area contributed by atoms with E-state index in [2.05, 4.69) is 14.7 Å². The van der Waals surface area contributed by atoms with Crippen molar-refractivity contribution in [2.45, 2.75) is 32.9 Å². The summed E-state index contributed by atoms with van der Waals surface area (Å²) in [6, 6.07) is 0. The van der Waals surface area contributed by atoms with Crippen molar-refractivity contribution in [1.29, 1.82) is 0 Å². The first-order valence-corrected chi connectivity index (χ1v) is 7.32. The van der Waals surface area contributed by atoms with Crippen molar-refractivity contribution in [2.75, 3.05) is 13.7 Å². The van der Waals surface area contributed by atoms with Crippen LogP contribution in [0.4, 0.5) is 0 Å². The largest absolute Gasteiger partial charge is 0.456 e. The molecule has 0 unspecified atom stereocenters. The lowest BCUT2D eigenvalue weighted by molar-refractivity contribution is -0.149. The van der Waals surface area contributed by atoms with Gasteiger partial charge in [0.25, 0.3) is 5.56 Å². The van der Waals surface area contributed by atoms with Gasteiger partial charge in [0.1, 0.15) is 19.0 Å². The summed E-state index contributed by atoms with van der Waals surface area (Å²) in [7, 11) is 3.03. The van der Waals surface area contributed by atoms with Gasteiger partial charge in [-0.2, -0.15) is 0 Å². The molecule has 0 saturated heterocycles. The second-order valence-electron chi connectivity index (χ2n) is 5.12. The summed E-state index contributed by atoms with van der Waals surface area (Å²) in [6.45, 7) is 2.20. The number of aromatic nitrogens is 4. The highest BCUT2D eigenvalue weighted by molar-refractivity contribution is 5.72. The monoisotopic (exact) mass is 324 g/mol. The summed E-state index contributed by atoms with van der Waals surface area (Å²) in [5, 5.41) is 0. The summed E-state index contributed by atoms with van der Waals surface area (Å²) in [6.07, 6.45) is 1.69. The first kappa shape index (κ1) is 16.9. The third kappa shape index (κ3) is 3.50. The molecule has 1 N–H and O–H groups in total. The molecule has 0 radical (unpaired) electrons. The predicted octanol–water partition coefficient (Wildman–Crippen LogP) is -0.0870. The summed E-state index contributed by atoms with van der Waals surface area (Å²) in [4.78, 5) is 42.0. The van der Waals surface area contributed by atoms with Crippen LogP contribution in [0.5, 0.6) is 0 Å². The van der Waals surface area contributed by atoms with Crippen molar-refractivity contribution in [1.82, 2.24) is 19.1 Å². The van der Waals surface area contributed by atoms with E-state index >= 15 is 0 Å². The molecule has 2 aromatic heterocycles. The number of aromatic amines is 1. The number of hydrogen-bond acceptors (Lipinski definition) is 6. The first-order valence-electron chi connectivity index (χ1n) is 7.32. The number of H-pyrrole nitrogens is 1. The van der Waals surface area contributed by atoms with Gasteiger partial charge < -0.3 is 14.0 Å². The van der Waals surface area contributed by atoms with E-state index in [9.17, 15) is 14.4 Å². The van der Waals surface area contributed by atoms with Gasteiger partial charge in [0.15, 0.2) is 11.2 Å². The van der Waals surface area contributed by atoms with Crippen LogP contribution in [0.2, 0.25) is 0 Å². The SMILES string of the molecule is CCCCn1c(=O)[nH]c(=O)c2c1nc(COC(=O)COC)n2C. The number of nitrogens with one attached hydrogen (secondary N) is 1. The van der Waals surface area contributed by atoms with E-state index in [1.807, 2.05) is 6.92 Å². The number of carbonyl (C=O) groups excluding carboxylic acids is 1. The third-order valence-corrected chi connectivity index (χ3v) is 3.47. The standard InChI is InChI=1S/C14H20N4O5/c1-4-5-6-18-12-11(13(20)16-14(18)21)17(2)9(15-12)7-23-10(19)8-22-3/h4-8H2,1-3H3,(H,16,20,21). The quantitative estimate of drug-likeness (QED) is 0.713. The Morgan fingerprint density at radius 2 is 2.09 bits per heavy atom. The number of rotatable bonds is 7. The van der Waals surface area contributed by atoms with Gasteiger partial charge in [0.2, 0.25) is 0 Å². The van der Waals surface area contributed by atoms with Crippen molar-refractivity contribution in [3.8, 4) is 0 Å². The van der Waals surface area contributed by atoms with Gasteiger partial charge in [-0.15, -0.1) is 0 Å².